The molecule has 2 aromatic rings. The summed E-state index contributed by atoms with van der Waals surface area (Å²) in [6.07, 6.45) is 0.473. The zero-order chi connectivity index (χ0) is 17.0. The van der Waals surface area contributed by atoms with Crippen molar-refractivity contribution in [2.75, 3.05) is 13.6 Å². The molecule has 5 heteroatoms. The predicted molar refractivity (Wildman–Crippen MR) is 87.4 cm³/mol. The van der Waals surface area contributed by atoms with E-state index >= 15 is 0 Å². The lowest BCUT2D eigenvalue weighted by atomic mass is 10.0. The summed E-state index contributed by atoms with van der Waals surface area (Å²) < 4.78 is 5.80. The van der Waals surface area contributed by atoms with Crippen molar-refractivity contribution in [3.05, 3.63) is 47.2 Å². The molecule has 0 radical (unpaired) electrons. The van der Waals surface area contributed by atoms with Crippen LogP contribution in [0.2, 0.25) is 0 Å². The van der Waals surface area contributed by atoms with E-state index in [2.05, 4.69) is 0 Å². The number of benzene rings is 1. The van der Waals surface area contributed by atoms with E-state index in [1.54, 1.807) is 11.9 Å². The first kappa shape index (κ1) is 16.8. The van der Waals surface area contributed by atoms with Crippen molar-refractivity contribution in [2.45, 2.75) is 26.7 Å². The lowest BCUT2D eigenvalue weighted by Crippen LogP contribution is -2.28. The first-order chi connectivity index (χ1) is 10.9. The number of carboxylic acid groups (broad SMARTS) is 1. The van der Waals surface area contributed by atoms with Crippen LogP contribution < -0.4 is 0 Å². The van der Waals surface area contributed by atoms with Crippen LogP contribution in [-0.2, 0) is 4.79 Å². The van der Waals surface area contributed by atoms with E-state index in [0.717, 1.165) is 11.1 Å². The molecule has 1 aromatic carbocycles. The number of carbonyl (C=O) groups is 2. The molecule has 5 nitrogen and oxygen atoms in total. The van der Waals surface area contributed by atoms with Crippen LogP contribution in [0.3, 0.4) is 0 Å². The van der Waals surface area contributed by atoms with Gasteiger partial charge in [0.2, 0.25) is 0 Å². The molecule has 23 heavy (non-hydrogen) atoms. The van der Waals surface area contributed by atoms with Gasteiger partial charge in [-0.1, -0.05) is 30.3 Å². The molecule has 0 spiro atoms. The molecule has 0 aliphatic carbocycles. The van der Waals surface area contributed by atoms with Crippen LogP contribution in [0.15, 0.2) is 34.7 Å². The van der Waals surface area contributed by atoms with Crippen LogP contribution in [0.5, 0.6) is 0 Å². The summed E-state index contributed by atoms with van der Waals surface area (Å²) in [5, 5.41) is 8.70. The number of carbonyl (C=O) groups excluding carboxylic acids is 1. The van der Waals surface area contributed by atoms with Gasteiger partial charge < -0.3 is 14.4 Å². The van der Waals surface area contributed by atoms with Gasteiger partial charge in [-0.2, -0.15) is 0 Å². The van der Waals surface area contributed by atoms with Gasteiger partial charge in [0.05, 0.1) is 5.56 Å². The van der Waals surface area contributed by atoms with Crippen molar-refractivity contribution < 1.29 is 19.1 Å². The maximum absolute atomic E-state index is 12.8. The van der Waals surface area contributed by atoms with Gasteiger partial charge >= 0.3 is 5.97 Å². The SMILES string of the molecule is Cc1oc(-c2ccccc2)c(C(=O)N(C)CCCC(=O)O)c1C. The largest absolute Gasteiger partial charge is 0.481 e. The highest BCUT2D eigenvalue weighted by Gasteiger charge is 2.24. The quantitative estimate of drug-likeness (QED) is 0.885. The van der Waals surface area contributed by atoms with Crippen LogP contribution >= 0.6 is 0 Å². The predicted octanol–water partition coefficient (Wildman–Crippen LogP) is 3.50. The van der Waals surface area contributed by atoms with E-state index in [-0.39, 0.29) is 12.3 Å². The number of aryl methyl sites for hydroxylation is 1. The van der Waals surface area contributed by atoms with E-state index in [1.807, 2.05) is 44.2 Å². The van der Waals surface area contributed by atoms with E-state index in [0.29, 0.717) is 30.0 Å². The van der Waals surface area contributed by atoms with E-state index in [9.17, 15) is 9.59 Å². The van der Waals surface area contributed by atoms with Crippen molar-refractivity contribution in [1.82, 2.24) is 4.90 Å². The van der Waals surface area contributed by atoms with Crippen LogP contribution in [0.1, 0.15) is 34.5 Å². The first-order valence-corrected chi connectivity index (χ1v) is 7.54. The third kappa shape index (κ3) is 3.80. The highest BCUT2D eigenvalue weighted by atomic mass is 16.4. The van der Waals surface area contributed by atoms with Crippen molar-refractivity contribution in [1.29, 1.82) is 0 Å². The molecule has 0 aliphatic rings. The Bertz CT molecular complexity index is 703. The Hall–Kier alpha value is -2.56. The van der Waals surface area contributed by atoms with Gasteiger partial charge in [-0.25, -0.2) is 0 Å². The summed E-state index contributed by atoms with van der Waals surface area (Å²) in [6.45, 7) is 4.09. The molecule has 0 fully saturated rings. The van der Waals surface area contributed by atoms with E-state index in [4.69, 9.17) is 9.52 Å². The van der Waals surface area contributed by atoms with Crippen LogP contribution in [0, 0.1) is 13.8 Å². The van der Waals surface area contributed by atoms with Crippen molar-refractivity contribution in [3.63, 3.8) is 0 Å². The highest BCUT2D eigenvalue weighted by Crippen LogP contribution is 2.31. The molecule has 2 rings (SSSR count). The van der Waals surface area contributed by atoms with Crippen LogP contribution in [-0.4, -0.2) is 35.5 Å². The molecular formula is C18H21NO4. The summed E-state index contributed by atoms with van der Waals surface area (Å²) in [6, 6.07) is 9.50. The number of nitrogens with zero attached hydrogens (tertiary/aromatic N) is 1. The molecule has 0 bridgehead atoms. The van der Waals surface area contributed by atoms with E-state index in [1.165, 1.54) is 0 Å². The standard InChI is InChI=1S/C18H21NO4/c1-12-13(2)23-17(14-8-5-4-6-9-14)16(12)18(22)19(3)11-7-10-15(20)21/h4-6,8-9H,7,10-11H2,1-3H3,(H,20,21). The zero-order valence-corrected chi connectivity index (χ0v) is 13.6. The maximum atomic E-state index is 12.8. The Balaban J connectivity index is 2.28. The Morgan fingerprint density at radius 3 is 2.43 bits per heavy atom. The van der Waals surface area contributed by atoms with Gasteiger partial charge in [-0.05, 0) is 20.3 Å². The average Bonchev–Trinajstić information content (AvgIpc) is 2.82. The fourth-order valence-electron chi connectivity index (χ4n) is 2.44. The van der Waals surface area contributed by atoms with Gasteiger partial charge in [0, 0.05) is 31.1 Å². The van der Waals surface area contributed by atoms with Crippen LogP contribution in [0.25, 0.3) is 11.3 Å². The summed E-state index contributed by atoms with van der Waals surface area (Å²) in [7, 11) is 1.68. The average molecular weight is 315 g/mol. The van der Waals surface area contributed by atoms with Crippen LogP contribution in [0.4, 0.5) is 0 Å². The summed E-state index contributed by atoms with van der Waals surface area (Å²) in [5.41, 5.74) is 2.22. The number of hydrogen-bond acceptors (Lipinski definition) is 3. The molecule has 0 saturated carbocycles. The number of carboxylic acids is 1. The Labute approximate surface area is 135 Å². The van der Waals surface area contributed by atoms with Crippen molar-refractivity contribution in [2.24, 2.45) is 0 Å². The first-order valence-electron chi connectivity index (χ1n) is 7.54. The van der Waals surface area contributed by atoms with Gasteiger partial charge in [0.15, 0.2) is 0 Å². The monoisotopic (exact) mass is 315 g/mol. The number of rotatable bonds is 6. The molecule has 122 valence electrons. The minimum absolute atomic E-state index is 0.0482. The molecule has 0 atom stereocenters. The lowest BCUT2D eigenvalue weighted by Gasteiger charge is -2.17. The number of amides is 1. The minimum Gasteiger partial charge on any atom is -0.481 e. The maximum Gasteiger partial charge on any atom is 0.303 e. The summed E-state index contributed by atoms with van der Waals surface area (Å²) in [4.78, 5) is 24.9. The second-order valence-electron chi connectivity index (χ2n) is 5.58. The highest BCUT2D eigenvalue weighted by molar-refractivity contribution is 6.01. The van der Waals surface area contributed by atoms with Gasteiger partial charge in [-0.15, -0.1) is 0 Å². The van der Waals surface area contributed by atoms with Gasteiger partial charge in [0.25, 0.3) is 5.91 Å². The van der Waals surface area contributed by atoms with Gasteiger partial charge in [-0.3, -0.25) is 9.59 Å². The molecule has 0 aliphatic heterocycles. The molecule has 1 aromatic heterocycles. The minimum atomic E-state index is -0.855. The molecule has 0 saturated heterocycles. The Morgan fingerprint density at radius 2 is 1.83 bits per heavy atom. The molecular weight excluding hydrogens is 294 g/mol. The summed E-state index contributed by atoms with van der Waals surface area (Å²) in [5.74, 6) is 0.275. The molecule has 1 heterocycles. The lowest BCUT2D eigenvalue weighted by molar-refractivity contribution is -0.137. The number of aliphatic carboxylic acids is 1. The third-order valence-electron chi connectivity index (χ3n) is 3.87. The Morgan fingerprint density at radius 1 is 1.17 bits per heavy atom. The third-order valence-corrected chi connectivity index (χ3v) is 3.87. The Kier molecular flexibility index (Phi) is 5.21. The zero-order valence-electron chi connectivity index (χ0n) is 13.6. The second-order valence-corrected chi connectivity index (χ2v) is 5.58. The fourth-order valence-corrected chi connectivity index (χ4v) is 2.44. The van der Waals surface area contributed by atoms with Crippen molar-refractivity contribution >= 4 is 11.9 Å². The smallest absolute Gasteiger partial charge is 0.303 e. The molecule has 0 unspecified atom stereocenters. The molecule has 1 N–H and O–H groups in total. The van der Waals surface area contributed by atoms with E-state index < -0.39 is 5.97 Å². The summed E-state index contributed by atoms with van der Waals surface area (Å²) >= 11 is 0. The fraction of sp³-hybridized carbons (Fsp3) is 0.333. The topological polar surface area (TPSA) is 70.8 Å². The molecule has 1 amide bonds. The number of hydrogen-bond donors (Lipinski definition) is 1. The van der Waals surface area contributed by atoms with Gasteiger partial charge in [0.1, 0.15) is 11.5 Å². The second kappa shape index (κ2) is 7.13. The normalized spacial score (nSPS) is 10.6. The number of furan rings is 1. The van der Waals surface area contributed by atoms with Crippen molar-refractivity contribution in [3.8, 4) is 11.3 Å².